The van der Waals surface area contributed by atoms with E-state index in [9.17, 15) is 13.2 Å². The summed E-state index contributed by atoms with van der Waals surface area (Å²) in [6.45, 7) is 2.16. The Hall–Kier alpha value is -1.23. The third-order valence-corrected chi connectivity index (χ3v) is 2.67. The molecular formula is C11H11F3O2. The molecule has 0 saturated carbocycles. The normalized spacial score (nSPS) is 24.3. The van der Waals surface area contributed by atoms with E-state index in [0.29, 0.717) is 17.9 Å². The molecule has 1 aromatic rings. The molecule has 0 radical (unpaired) electrons. The van der Waals surface area contributed by atoms with E-state index < -0.39 is 17.3 Å². The van der Waals surface area contributed by atoms with E-state index >= 15 is 0 Å². The van der Waals surface area contributed by atoms with E-state index in [1.165, 1.54) is 13.2 Å². The van der Waals surface area contributed by atoms with Gasteiger partial charge in [-0.2, -0.15) is 13.2 Å². The molecule has 1 aromatic carbocycles. The topological polar surface area (TPSA) is 21.8 Å². The maximum atomic E-state index is 12.5. The first-order valence-corrected chi connectivity index (χ1v) is 4.76. The van der Waals surface area contributed by atoms with Crippen LogP contribution in [0.4, 0.5) is 13.2 Å². The third-order valence-electron chi connectivity index (χ3n) is 2.67. The number of epoxide rings is 1. The standard InChI is InChI=1S/C11H11F3O2/c1-10(6-16-10)8-5-7(11(12,13)14)3-4-9(8)15-2/h3-5H,6H2,1-2H3. The molecule has 1 aliphatic heterocycles. The molecule has 0 aromatic heterocycles. The van der Waals surface area contributed by atoms with Gasteiger partial charge in [-0.1, -0.05) is 0 Å². The molecule has 1 fully saturated rings. The smallest absolute Gasteiger partial charge is 0.416 e. The van der Waals surface area contributed by atoms with Gasteiger partial charge in [0.2, 0.25) is 0 Å². The van der Waals surface area contributed by atoms with Crippen molar-refractivity contribution in [3.8, 4) is 5.75 Å². The summed E-state index contributed by atoms with van der Waals surface area (Å²) in [5.74, 6) is 0.424. The van der Waals surface area contributed by atoms with Gasteiger partial charge in [0.15, 0.2) is 0 Å². The first-order valence-electron chi connectivity index (χ1n) is 4.76. The number of methoxy groups -OCH3 is 1. The van der Waals surface area contributed by atoms with Gasteiger partial charge < -0.3 is 9.47 Å². The van der Waals surface area contributed by atoms with Crippen LogP contribution >= 0.6 is 0 Å². The zero-order valence-corrected chi connectivity index (χ0v) is 8.89. The lowest BCUT2D eigenvalue weighted by Crippen LogP contribution is -2.10. The number of hydrogen-bond acceptors (Lipinski definition) is 2. The minimum atomic E-state index is -4.34. The molecule has 2 nitrogen and oxygen atoms in total. The fourth-order valence-corrected chi connectivity index (χ4v) is 1.56. The van der Waals surface area contributed by atoms with Crippen LogP contribution in [0.5, 0.6) is 5.75 Å². The van der Waals surface area contributed by atoms with Crippen molar-refractivity contribution in [1.82, 2.24) is 0 Å². The van der Waals surface area contributed by atoms with Crippen molar-refractivity contribution in [3.63, 3.8) is 0 Å². The van der Waals surface area contributed by atoms with Crippen LogP contribution in [0.15, 0.2) is 18.2 Å². The third kappa shape index (κ3) is 1.87. The maximum absolute atomic E-state index is 12.5. The molecule has 0 spiro atoms. The highest BCUT2D eigenvalue weighted by Crippen LogP contribution is 2.44. The lowest BCUT2D eigenvalue weighted by atomic mass is 9.98. The van der Waals surface area contributed by atoms with Crippen LogP contribution in [0, 0.1) is 0 Å². The van der Waals surface area contributed by atoms with Gasteiger partial charge in [0, 0.05) is 5.56 Å². The van der Waals surface area contributed by atoms with Crippen molar-refractivity contribution in [2.45, 2.75) is 18.7 Å². The van der Waals surface area contributed by atoms with Crippen molar-refractivity contribution >= 4 is 0 Å². The molecule has 0 amide bonds. The maximum Gasteiger partial charge on any atom is 0.416 e. The summed E-state index contributed by atoms with van der Waals surface area (Å²) in [6.07, 6.45) is -4.34. The molecule has 1 aliphatic rings. The summed E-state index contributed by atoms with van der Waals surface area (Å²) in [5.41, 5.74) is -0.864. The molecule has 16 heavy (non-hydrogen) atoms. The van der Waals surface area contributed by atoms with Crippen molar-refractivity contribution in [2.75, 3.05) is 13.7 Å². The highest BCUT2D eigenvalue weighted by atomic mass is 19.4. The zero-order chi connectivity index (χ0) is 12.0. The lowest BCUT2D eigenvalue weighted by Gasteiger charge is -2.14. The molecular weight excluding hydrogens is 221 g/mol. The molecule has 1 unspecified atom stereocenters. The lowest BCUT2D eigenvalue weighted by molar-refractivity contribution is -0.137. The van der Waals surface area contributed by atoms with Crippen molar-refractivity contribution in [2.24, 2.45) is 0 Å². The number of benzene rings is 1. The van der Waals surface area contributed by atoms with Crippen LogP contribution in [0.1, 0.15) is 18.1 Å². The van der Waals surface area contributed by atoms with Crippen molar-refractivity contribution in [1.29, 1.82) is 0 Å². The molecule has 1 heterocycles. The Kier molecular flexibility index (Phi) is 2.38. The summed E-state index contributed by atoms with van der Waals surface area (Å²) < 4.78 is 47.8. The van der Waals surface area contributed by atoms with Crippen LogP contribution in [0.25, 0.3) is 0 Å². The summed E-state index contributed by atoms with van der Waals surface area (Å²) in [4.78, 5) is 0. The second-order valence-corrected chi connectivity index (χ2v) is 3.93. The fourth-order valence-electron chi connectivity index (χ4n) is 1.56. The van der Waals surface area contributed by atoms with Crippen LogP contribution in [-0.4, -0.2) is 13.7 Å². The molecule has 0 N–H and O–H groups in total. The average Bonchev–Trinajstić information content (AvgIpc) is 2.95. The molecule has 0 aliphatic carbocycles. The summed E-state index contributed by atoms with van der Waals surface area (Å²) >= 11 is 0. The van der Waals surface area contributed by atoms with Crippen LogP contribution in [-0.2, 0) is 16.5 Å². The number of rotatable bonds is 2. The molecule has 5 heteroatoms. The van der Waals surface area contributed by atoms with E-state index in [4.69, 9.17) is 9.47 Å². The summed E-state index contributed by atoms with van der Waals surface area (Å²) in [5, 5.41) is 0. The molecule has 2 rings (SSSR count). The predicted molar refractivity (Wildman–Crippen MR) is 51.3 cm³/mol. The Bertz CT molecular complexity index is 408. The Morgan fingerprint density at radius 2 is 2.00 bits per heavy atom. The number of alkyl halides is 3. The van der Waals surface area contributed by atoms with Gasteiger partial charge in [-0.15, -0.1) is 0 Å². The number of ether oxygens (including phenoxy) is 2. The largest absolute Gasteiger partial charge is 0.496 e. The monoisotopic (exact) mass is 232 g/mol. The fraction of sp³-hybridized carbons (Fsp3) is 0.455. The van der Waals surface area contributed by atoms with Gasteiger partial charge in [0.05, 0.1) is 19.3 Å². The first-order chi connectivity index (χ1) is 7.37. The van der Waals surface area contributed by atoms with E-state index in [0.717, 1.165) is 12.1 Å². The van der Waals surface area contributed by atoms with Gasteiger partial charge in [-0.25, -0.2) is 0 Å². The van der Waals surface area contributed by atoms with E-state index in [1.54, 1.807) is 6.92 Å². The van der Waals surface area contributed by atoms with Crippen LogP contribution in [0.2, 0.25) is 0 Å². The Balaban J connectivity index is 2.48. The Labute approximate surface area is 91.0 Å². The second-order valence-electron chi connectivity index (χ2n) is 3.93. The Morgan fingerprint density at radius 1 is 1.38 bits per heavy atom. The SMILES string of the molecule is COc1ccc(C(F)(F)F)cc1C1(C)CO1. The van der Waals surface area contributed by atoms with Crippen LogP contribution in [0.3, 0.4) is 0 Å². The summed E-state index contributed by atoms with van der Waals surface area (Å²) in [7, 11) is 1.43. The van der Waals surface area contributed by atoms with Gasteiger partial charge in [-0.3, -0.25) is 0 Å². The van der Waals surface area contributed by atoms with E-state index in [-0.39, 0.29) is 0 Å². The number of halogens is 3. The number of hydrogen-bond donors (Lipinski definition) is 0. The van der Waals surface area contributed by atoms with Gasteiger partial charge >= 0.3 is 6.18 Å². The van der Waals surface area contributed by atoms with Gasteiger partial charge in [-0.05, 0) is 25.1 Å². The minimum absolute atomic E-state index is 0.421. The molecule has 88 valence electrons. The van der Waals surface area contributed by atoms with Gasteiger partial charge in [0.25, 0.3) is 0 Å². The Morgan fingerprint density at radius 3 is 2.44 bits per heavy atom. The minimum Gasteiger partial charge on any atom is -0.496 e. The van der Waals surface area contributed by atoms with E-state index in [2.05, 4.69) is 0 Å². The highest BCUT2D eigenvalue weighted by molar-refractivity contribution is 5.43. The predicted octanol–water partition coefficient (Wildman–Crippen LogP) is 2.96. The van der Waals surface area contributed by atoms with E-state index in [1.807, 2.05) is 0 Å². The molecule has 0 bridgehead atoms. The molecule has 1 atom stereocenters. The highest BCUT2D eigenvalue weighted by Gasteiger charge is 2.44. The zero-order valence-electron chi connectivity index (χ0n) is 8.89. The first kappa shape index (κ1) is 11.3. The second kappa shape index (κ2) is 3.38. The van der Waals surface area contributed by atoms with Gasteiger partial charge in [0.1, 0.15) is 11.4 Å². The summed E-state index contributed by atoms with van der Waals surface area (Å²) in [6, 6.07) is 3.42. The van der Waals surface area contributed by atoms with Crippen molar-refractivity contribution in [3.05, 3.63) is 29.3 Å². The van der Waals surface area contributed by atoms with Crippen molar-refractivity contribution < 1.29 is 22.6 Å². The van der Waals surface area contributed by atoms with Crippen LogP contribution < -0.4 is 4.74 Å². The molecule has 1 saturated heterocycles. The average molecular weight is 232 g/mol. The quantitative estimate of drug-likeness (QED) is 0.731.